The number of hydrogen-bond acceptors (Lipinski definition) is 2. The van der Waals surface area contributed by atoms with Crippen molar-refractivity contribution < 1.29 is 0 Å². The second kappa shape index (κ2) is 4.53. The molecule has 0 radical (unpaired) electrons. The molecule has 3 heteroatoms. The minimum absolute atomic E-state index is 0.0319. The van der Waals surface area contributed by atoms with E-state index < -0.39 is 0 Å². The number of hydrogen-bond donors (Lipinski definition) is 1. The highest BCUT2D eigenvalue weighted by atomic mass is 16.1. The Morgan fingerprint density at radius 3 is 2.35 bits per heavy atom. The lowest BCUT2D eigenvalue weighted by molar-refractivity contribution is 0.968. The van der Waals surface area contributed by atoms with Crippen molar-refractivity contribution in [2.45, 2.75) is 27.2 Å². The minimum Gasteiger partial charge on any atom is -0.306 e. The lowest BCUT2D eigenvalue weighted by Gasteiger charge is -2.05. The van der Waals surface area contributed by atoms with Crippen molar-refractivity contribution in [1.29, 1.82) is 0 Å². The molecule has 0 saturated carbocycles. The average Bonchev–Trinajstić information content (AvgIpc) is 2.29. The number of benzene rings is 1. The molecule has 0 saturated heterocycles. The van der Waals surface area contributed by atoms with Crippen LogP contribution in [-0.4, -0.2) is 9.97 Å². The average molecular weight is 228 g/mol. The van der Waals surface area contributed by atoms with Crippen LogP contribution in [0.2, 0.25) is 0 Å². The van der Waals surface area contributed by atoms with E-state index in [9.17, 15) is 4.79 Å². The maximum Gasteiger partial charge on any atom is 0.254 e. The highest BCUT2D eigenvalue weighted by molar-refractivity contribution is 5.55. The molecule has 0 aliphatic heterocycles. The first-order chi connectivity index (χ1) is 8.11. The minimum atomic E-state index is -0.0319. The number of aryl methyl sites for hydroxylation is 2. The standard InChI is InChI=1S/C14H16N2O/c1-4-12-10(3)15-13(16-14(12)17)11-7-5-9(2)6-8-11/h5-8H,4H2,1-3H3,(H,15,16,17). The van der Waals surface area contributed by atoms with Gasteiger partial charge in [-0.05, 0) is 20.3 Å². The van der Waals surface area contributed by atoms with Gasteiger partial charge in [0.25, 0.3) is 5.56 Å². The van der Waals surface area contributed by atoms with Crippen LogP contribution in [0.4, 0.5) is 0 Å². The third-order valence-corrected chi connectivity index (χ3v) is 2.90. The first-order valence-corrected chi connectivity index (χ1v) is 5.78. The summed E-state index contributed by atoms with van der Waals surface area (Å²) >= 11 is 0. The summed E-state index contributed by atoms with van der Waals surface area (Å²) in [5.74, 6) is 0.643. The Morgan fingerprint density at radius 2 is 1.82 bits per heavy atom. The molecular formula is C14H16N2O. The summed E-state index contributed by atoms with van der Waals surface area (Å²) in [6.07, 6.45) is 0.711. The summed E-state index contributed by atoms with van der Waals surface area (Å²) in [6, 6.07) is 7.97. The molecule has 1 heterocycles. The van der Waals surface area contributed by atoms with Crippen LogP contribution in [0.1, 0.15) is 23.7 Å². The van der Waals surface area contributed by atoms with Gasteiger partial charge < -0.3 is 4.98 Å². The third kappa shape index (κ3) is 2.28. The zero-order valence-corrected chi connectivity index (χ0v) is 10.4. The maximum absolute atomic E-state index is 11.8. The Morgan fingerprint density at radius 1 is 1.18 bits per heavy atom. The molecule has 0 amide bonds. The molecule has 1 aromatic carbocycles. The van der Waals surface area contributed by atoms with Crippen LogP contribution in [0.25, 0.3) is 11.4 Å². The van der Waals surface area contributed by atoms with Crippen molar-refractivity contribution in [3.05, 3.63) is 51.4 Å². The van der Waals surface area contributed by atoms with E-state index in [0.29, 0.717) is 12.2 Å². The van der Waals surface area contributed by atoms with Crippen molar-refractivity contribution in [1.82, 2.24) is 9.97 Å². The molecule has 1 N–H and O–H groups in total. The van der Waals surface area contributed by atoms with E-state index in [1.54, 1.807) is 0 Å². The van der Waals surface area contributed by atoms with E-state index in [4.69, 9.17) is 0 Å². The van der Waals surface area contributed by atoms with Gasteiger partial charge in [-0.3, -0.25) is 4.79 Å². The van der Waals surface area contributed by atoms with Crippen LogP contribution < -0.4 is 5.56 Å². The fraction of sp³-hybridized carbons (Fsp3) is 0.286. The van der Waals surface area contributed by atoms with Crippen LogP contribution in [0.15, 0.2) is 29.1 Å². The summed E-state index contributed by atoms with van der Waals surface area (Å²) in [4.78, 5) is 19.1. The molecule has 0 atom stereocenters. The highest BCUT2D eigenvalue weighted by Crippen LogP contribution is 2.15. The largest absolute Gasteiger partial charge is 0.306 e. The Balaban J connectivity index is 2.54. The van der Waals surface area contributed by atoms with Crippen LogP contribution in [-0.2, 0) is 6.42 Å². The van der Waals surface area contributed by atoms with Gasteiger partial charge in [0.15, 0.2) is 0 Å². The van der Waals surface area contributed by atoms with E-state index in [2.05, 4.69) is 9.97 Å². The molecule has 0 unspecified atom stereocenters. The summed E-state index contributed by atoms with van der Waals surface area (Å²) in [6.45, 7) is 5.88. The summed E-state index contributed by atoms with van der Waals surface area (Å²) in [5.41, 5.74) is 3.68. The predicted octanol–water partition coefficient (Wildman–Crippen LogP) is 2.62. The number of nitrogens with one attached hydrogen (secondary N) is 1. The first kappa shape index (κ1) is 11.6. The van der Waals surface area contributed by atoms with E-state index in [1.807, 2.05) is 45.0 Å². The second-order valence-electron chi connectivity index (χ2n) is 4.20. The molecule has 0 bridgehead atoms. The Hall–Kier alpha value is -1.90. The fourth-order valence-corrected chi connectivity index (χ4v) is 1.87. The lowest BCUT2D eigenvalue weighted by atomic mass is 10.1. The molecule has 2 aromatic rings. The number of aromatic nitrogens is 2. The highest BCUT2D eigenvalue weighted by Gasteiger charge is 2.07. The van der Waals surface area contributed by atoms with Gasteiger partial charge in [0.05, 0.1) is 0 Å². The molecule has 0 aliphatic carbocycles. The molecule has 0 spiro atoms. The van der Waals surface area contributed by atoms with Crippen molar-refractivity contribution >= 4 is 0 Å². The van der Waals surface area contributed by atoms with E-state index in [-0.39, 0.29) is 5.56 Å². The second-order valence-corrected chi connectivity index (χ2v) is 4.20. The molecule has 17 heavy (non-hydrogen) atoms. The van der Waals surface area contributed by atoms with Crippen molar-refractivity contribution in [3.63, 3.8) is 0 Å². The SMILES string of the molecule is CCc1c(C)nc(-c2ccc(C)cc2)[nH]c1=O. The van der Waals surface area contributed by atoms with Gasteiger partial charge in [0.2, 0.25) is 0 Å². The number of rotatable bonds is 2. The van der Waals surface area contributed by atoms with Gasteiger partial charge in [0.1, 0.15) is 5.82 Å². The number of nitrogens with zero attached hydrogens (tertiary/aromatic N) is 1. The van der Waals surface area contributed by atoms with Gasteiger partial charge in [-0.25, -0.2) is 4.98 Å². The zero-order valence-electron chi connectivity index (χ0n) is 10.4. The zero-order chi connectivity index (χ0) is 12.4. The van der Waals surface area contributed by atoms with E-state index >= 15 is 0 Å². The van der Waals surface area contributed by atoms with Crippen LogP contribution in [0.3, 0.4) is 0 Å². The molecule has 0 fully saturated rings. The van der Waals surface area contributed by atoms with Crippen LogP contribution in [0, 0.1) is 13.8 Å². The molecule has 3 nitrogen and oxygen atoms in total. The third-order valence-electron chi connectivity index (χ3n) is 2.90. The Labute approximate surface area is 101 Å². The van der Waals surface area contributed by atoms with Crippen LogP contribution >= 0.6 is 0 Å². The monoisotopic (exact) mass is 228 g/mol. The molecule has 2 rings (SSSR count). The Bertz CT molecular complexity index is 582. The summed E-state index contributed by atoms with van der Waals surface area (Å²) in [7, 11) is 0. The van der Waals surface area contributed by atoms with Crippen LogP contribution in [0.5, 0.6) is 0 Å². The summed E-state index contributed by atoms with van der Waals surface area (Å²) < 4.78 is 0. The van der Waals surface area contributed by atoms with E-state index in [1.165, 1.54) is 5.56 Å². The Kier molecular flexibility index (Phi) is 3.09. The molecule has 88 valence electrons. The van der Waals surface area contributed by atoms with Crippen molar-refractivity contribution in [2.75, 3.05) is 0 Å². The molecular weight excluding hydrogens is 212 g/mol. The van der Waals surface area contributed by atoms with Gasteiger partial charge >= 0.3 is 0 Å². The first-order valence-electron chi connectivity index (χ1n) is 5.78. The van der Waals surface area contributed by atoms with Gasteiger partial charge in [-0.1, -0.05) is 36.8 Å². The van der Waals surface area contributed by atoms with E-state index in [0.717, 1.165) is 16.8 Å². The molecule has 1 aromatic heterocycles. The van der Waals surface area contributed by atoms with Gasteiger partial charge in [-0.15, -0.1) is 0 Å². The van der Waals surface area contributed by atoms with Gasteiger partial charge in [0, 0.05) is 16.8 Å². The fourth-order valence-electron chi connectivity index (χ4n) is 1.87. The lowest BCUT2D eigenvalue weighted by Crippen LogP contribution is -2.16. The number of H-pyrrole nitrogens is 1. The molecule has 0 aliphatic rings. The number of aromatic amines is 1. The maximum atomic E-state index is 11.8. The smallest absolute Gasteiger partial charge is 0.254 e. The normalized spacial score (nSPS) is 10.5. The summed E-state index contributed by atoms with van der Waals surface area (Å²) in [5, 5.41) is 0. The predicted molar refractivity (Wildman–Crippen MR) is 69.1 cm³/mol. The van der Waals surface area contributed by atoms with Crippen molar-refractivity contribution in [3.8, 4) is 11.4 Å². The van der Waals surface area contributed by atoms with Gasteiger partial charge in [-0.2, -0.15) is 0 Å². The van der Waals surface area contributed by atoms with Crippen molar-refractivity contribution in [2.24, 2.45) is 0 Å². The quantitative estimate of drug-likeness (QED) is 0.858. The topological polar surface area (TPSA) is 45.8 Å².